The van der Waals surface area contributed by atoms with Gasteiger partial charge in [-0.2, -0.15) is 5.26 Å². The Bertz CT molecular complexity index is 1200. The number of nitriles is 1. The molecule has 174 valence electrons. The van der Waals surface area contributed by atoms with Gasteiger partial charge in [-0.05, 0) is 74.0 Å². The third-order valence-corrected chi connectivity index (χ3v) is 8.22. The summed E-state index contributed by atoms with van der Waals surface area (Å²) in [5.74, 6) is 2.62. The summed E-state index contributed by atoms with van der Waals surface area (Å²) in [4.78, 5) is 5.12. The molecule has 1 atom stereocenters. The van der Waals surface area contributed by atoms with Gasteiger partial charge in [0.1, 0.15) is 18.3 Å². The van der Waals surface area contributed by atoms with E-state index in [1.54, 1.807) is 7.11 Å². The van der Waals surface area contributed by atoms with E-state index in [1.807, 2.05) is 18.2 Å². The molecule has 6 heteroatoms. The maximum absolute atomic E-state index is 9.49. The number of hydrogen-bond acceptors (Lipinski definition) is 4. The van der Waals surface area contributed by atoms with Crippen LogP contribution in [0.25, 0.3) is 11.0 Å². The fourth-order valence-corrected chi connectivity index (χ4v) is 5.39. The molecule has 0 bridgehead atoms. The van der Waals surface area contributed by atoms with Gasteiger partial charge in [0, 0.05) is 26.2 Å². The highest BCUT2D eigenvalue weighted by Crippen LogP contribution is 2.50. The quantitative estimate of drug-likeness (QED) is 0.274. The Hall–Kier alpha value is -2.62. The van der Waals surface area contributed by atoms with E-state index in [-0.39, 0.29) is 5.92 Å². The maximum Gasteiger partial charge on any atom is 0.124 e. The lowest BCUT2D eigenvalue weighted by Gasteiger charge is -2.24. The van der Waals surface area contributed by atoms with Crippen LogP contribution in [0.4, 0.5) is 0 Å². The third-order valence-electron chi connectivity index (χ3n) is 6.52. The molecule has 0 aliphatic heterocycles. The summed E-state index contributed by atoms with van der Waals surface area (Å²) < 4.78 is 14.3. The third kappa shape index (κ3) is 5.15. The molecule has 1 saturated carbocycles. The molecular weight excluding hydrogens is 426 g/mol. The molecule has 33 heavy (non-hydrogen) atoms. The molecule has 3 aromatic rings. The van der Waals surface area contributed by atoms with Crippen LogP contribution in [-0.4, -0.2) is 31.3 Å². The Kier molecular flexibility index (Phi) is 6.65. The van der Waals surface area contributed by atoms with Crippen LogP contribution in [0.2, 0.25) is 25.7 Å². The molecule has 1 unspecified atom stereocenters. The average molecular weight is 462 g/mol. The standard InChI is InChI=1S/C27H35N3O2Si/c1-18-13-19(2)25(24(14-18)31-3)26(21-8-9-21)27-29-22-10-7-20(16-28)15-23(22)30(27)17-32-11-12-33(4,5)6/h7,10,13-15,21,26H,8-9,11-12,17H2,1-6H3. The molecule has 0 spiro atoms. The number of methoxy groups -OCH3 is 1. The summed E-state index contributed by atoms with van der Waals surface area (Å²) in [6.45, 7) is 12.6. The van der Waals surface area contributed by atoms with Crippen molar-refractivity contribution in [3.05, 3.63) is 58.4 Å². The van der Waals surface area contributed by atoms with Gasteiger partial charge >= 0.3 is 0 Å². The van der Waals surface area contributed by atoms with E-state index < -0.39 is 8.07 Å². The van der Waals surface area contributed by atoms with Crippen molar-refractivity contribution < 1.29 is 9.47 Å². The average Bonchev–Trinajstić information content (AvgIpc) is 3.53. The van der Waals surface area contributed by atoms with Crippen molar-refractivity contribution in [3.63, 3.8) is 0 Å². The van der Waals surface area contributed by atoms with Crippen molar-refractivity contribution in [2.45, 2.75) is 65.0 Å². The molecule has 1 heterocycles. The molecule has 0 amide bonds. The van der Waals surface area contributed by atoms with E-state index >= 15 is 0 Å². The second-order valence-corrected chi connectivity index (χ2v) is 16.2. The van der Waals surface area contributed by atoms with Crippen LogP contribution in [-0.2, 0) is 11.5 Å². The lowest BCUT2D eigenvalue weighted by atomic mass is 9.88. The summed E-state index contributed by atoms with van der Waals surface area (Å²) in [5, 5.41) is 9.49. The van der Waals surface area contributed by atoms with Gasteiger partial charge in [-0.15, -0.1) is 0 Å². The number of fused-ring (bicyclic) bond motifs is 1. The van der Waals surface area contributed by atoms with Crippen molar-refractivity contribution in [2.24, 2.45) is 5.92 Å². The number of aromatic nitrogens is 2. The first-order valence-corrected chi connectivity index (χ1v) is 15.6. The van der Waals surface area contributed by atoms with Crippen LogP contribution in [0.5, 0.6) is 5.75 Å². The van der Waals surface area contributed by atoms with Crippen LogP contribution in [0.3, 0.4) is 0 Å². The molecule has 1 fully saturated rings. The molecule has 2 aromatic carbocycles. The fourth-order valence-electron chi connectivity index (χ4n) is 4.63. The summed E-state index contributed by atoms with van der Waals surface area (Å²) in [6.07, 6.45) is 2.37. The Balaban J connectivity index is 1.82. The highest BCUT2D eigenvalue weighted by atomic mass is 28.3. The van der Waals surface area contributed by atoms with Gasteiger partial charge in [-0.1, -0.05) is 25.7 Å². The minimum absolute atomic E-state index is 0.138. The molecule has 1 aliphatic rings. The topological polar surface area (TPSA) is 60.1 Å². The molecule has 0 radical (unpaired) electrons. The summed E-state index contributed by atoms with van der Waals surface area (Å²) in [7, 11) is 0.575. The molecule has 0 N–H and O–H groups in total. The summed E-state index contributed by atoms with van der Waals surface area (Å²) in [5.41, 5.74) is 6.18. The van der Waals surface area contributed by atoms with E-state index in [0.29, 0.717) is 18.2 Å². The first-order chi connectivity index (χ1) is 15.7. The normalized spacial score (nSPS) is 14.9. The molecule has 4 rings (SSSR count). The Labute approximate surface area is 198 Å². The van der Waals surface area contributed by atoms with Crippen LogP contribution in [0, 0.1) is 31.1 Å². The SMILES string of the molecule is COc1cc(C)cc(C)c1C(c1nc2ccc(C#N)cc2n1COCC[Si](C)(C)C)C1CC1. The van der Waals surface area contributed by atoms with Gasteiger partial charge in [0.2, 0.25) is 0 Å². The van der Waals surface area contributed by atoms with Gasteiger partial charge in [0.25, 0.3) is 0 Å². The number of hydrogen-bond donors (Lipinski definition) is 0. The first-order valence-electron chi connectivity index (χ1n) is 11.8. The van der Waals surface area contributed by atoms with E-state index in [0.717, 1.165) is 35.3 Å². The smallest absolute Gasteiger partial charge is 0.124 e. The summed E-state index contributed by atoms with van der Waals surface area (Å²) >= 11 is 0. The zero-order chi connectivity index (χ0) is 23.8. The fraction of sp³-hybridized carbons (Fsp3) is 0.481. The number of imidazole rings is 1. The van der Waals surface area contributed by atoms with Crippen molar-refractivity contribution in [3.8, 4) is 11.8 Å². The van der Waals surface area contributed by atoms with Gasteiger partial charge in [0.15, 0.2) is 0 Å². The lowest BCUT2D eigenvalue weighted by molar-refractivity contribution is 0.0871. The zero-order valence-electron chi connectivity index (χ0n) is 20.7. The molecular formula is C27H35N3O2Si. The van der Waals surface area contributed by atoms with Crippen molar-refractivity contribution in [1.29, 1.82) is 5.26 Å². The van der Waals surface area contributed by atoms with Crippen LogP contribution < -0.4 is 4.74 Å². The minimum Gasteiger partial charge on any atom is -0.496 e. The van der Waals surface area contributed by atoms with Gasteiger partial charge in [0.05, 0.1) is 29.8 Å². The molecule has 5 nitrogen and oxygen atoms in total. The van der Waals surface area contributed by atoms with Crippen LogP contribution in [0.15, 0.2) is 30.3 Å². The predicted molar refractivity (Wildman–Crippen MR) is 136 cm³/mol. The van der Waals surface area contributed by atoms with E-state index in [4.69, 9.17) is 14.5 Å². The van der Waals surface area contributed by atoms with Crippen molar-refractivity contribution in [2.75, 3.05) is 13.7 Å². The largest absolute Gasteiger partial charge is 0.496 e. The van der Waals surface area contributed by atoms with E-state index in [9.17, 15) is 5.26 Å². The number of nitrogens with zero attached hydrogens (tertiary/aromatic N) is 3. The van der Waals surface area contributed by atoms with Crippen molar-refractivity contribution >= 4 is 19.1 Å². The molecule has 1 aliphatic carbocycles. The van der Waals surface area contributed by atoms with Gasteiger partial charge in [-0.3, -0.25) is 0 Å². The second kappa shape index (κ2) is 9.32. The van der Waals surface area contributed by atoms with Crippen LogP contribution >= 0.6 is 0 Å². The minimum atomic E-state index is -1.18. The Morgan fingerprint density at radius 3 is 2.58 bits per heavy atom. The summed E-state index contributed by atoms with van der Waals surface area (Å²) in [6, 6.07) is 13.5. The Morgan fingerprint density at radius 1 is 1.18 bits per heavy atom. The first kappa shape index (κ1) is 23.5. The van der Waals surface area contributed by atoms with Gasteiger partial charge in [-0.25, -0.2) is 4.98 Å². The molecule has 1 aromatic heterocycles. The van der Waals surface area contributed by atoms with Crippen molar-refractivity contribution in [1.82, 2.24) is 9.55 Å². The monoisotopic (exact) mass is 461 g/mol. The number of rotatable bonds is 9. The lowest BCUT2D eigenvalue weighted by Crippen LogP contribution is -2.22. The van der Waals surface area contributed by atoms with Gasteiger partial charge < -0.3 is 14.0 Å². The number of benzene rings is 2. The number of ether oxygens (including phenoxy) is 2. The van der Waals surface area contributed by atoms with E-state index in [1.165, 1.54) is 29.5 Å². The molecule has 0 saturated heterocycles. The highest BCUT2D eigenvalue weighted by molar-refractivity contribution is 6.76. The van der Waals surface area contributed by atoms with E-state index in [2.05, 4.69) is 56.3 Å². The Morgan fingerprint density at radius 2 is 1.94 bits per heavy atom. The highest BCUT2D eigenvalue weighted by Gasteiger charge is 2.39. The maximum atomic E-state index is 9.49. The van der Waals surface area contributed by atoms with Crippen LogP contribution in [0.1, 0.15) is 46.8 Å². The second-order valence-electron chi connectivity index (χ2n) is 10.6. The predicted octanol–water partition coefficient (Wildman–Crippen LogP) is 6.39. The zero-order valence-corrected chi connectivity index (χ0v) is 21.7. The number of aryl methyl sites for hydroxylation is 2.